The molecule has 0 spiro atoms. The van der Waals surface area contributed by atoms with Crippen LogP contribution < -0.4 is 4.90 Å². The summed E-state index contributed by atoms with van der Waals surface area (Å²) in [5.41, 5.74) is 2.08. The lowest BCUT2D eigenvalue weighted by Gasteiger charge is -2.32. The fourth-order valence-electron chi connectivity index (χ4n) is 3.85. The minimum Gasteiger partial charge on any atom is -0.506 e. The Morgan fingerprint density at radius 2 is 1.82 bits per heavy atom. The minimum atomic E-state index is -1.19. The molecule has 28 heavy (non-hydrogen) atoms. The van der Waals surface area contributed by atoms with Crippen molar-refractivity contribution in [2.24, 2.45) is 0 Å². The Morgan fingerprint density at radius 1 is 1.11 bits per heavy atom. The van der Waals surface area contributed by atoms with Crippen molar-refractivity contribution < 1.29 is 24.9 Å². The van der Waals surface area contributed by atoms with Crippen molar-refractivity contribution in [3.05, 3.63) is 65.2 Å². The number of carboxylic acid groups (broad SMARTS) is 2. The number of rotatable bonds is 6. The molecule has 1 heterocycles. The summed E-state index contributed by atoms with van der Waals surface area (Å²) in [4.78, 5) is 24.4. The summed E-state index contributed by atoms with van der Waals surface area (Å²) in [7, 11) is 0. The van der Waals surface area contributed by atoms with E-state index in [1.54, 1.807) is 18.2 Å². The molecule has 3 rings (SSSR count). The minimum absolute atomic E-state index is 0.00844. The summed E-state index contributed by atoms with van der Waals surface area (Å²) >= 11 is 0. The van der Waals surface area contributed by atoms with Gasteiger partial charge < -0.3 is 20.2 Å². The molecular weight excluding hydrogens is 358 g/mol. The lowest BCUT2D eigenvalue weighted by Crippen LogP contribution is -2.41. The van der Waals surface area contributed by atoms with E-state index >= 15 is 0 Å². The summed E-state index contributed by atoms with van der Waals surface area (Å²) in [6.45, 7) is 4.54. The van der Waals surface area contributed by atoms with Gasteiger partial charge >= 0.3 is 11.9 Å². The summed E-state index contributed by atoms with van der Waals surface area (Å²) in [6, 6.07) is 12.4. The topological polar surface area (TPSA) is 98.1 Å². The summed E-state index contributed by atoms with van der Waals surface area (Å²) in [6.07, 6.45) is 3.62. The van der Waals surface area contributed by atoms with Crippen molar-refractivity contribution in [1.29, 1.82) is 0 Å². The van der Waals surface area contributed by atoms with Gasteiger partial charge in [-0.2, -0.15) is 0 Å². The van der Waals surface area contributed by atoms with E-state index in [0.717, 1.165) is 11.3 Å². The molecule has 146 valence electrons. The highest BCUT2D eigenvalue weighted by Gasteiger charge is 2.42. The first-order chi connectivity index (χ1) is 13.2. The van der Waals surface area contributed by atoms with E-state index in [9.17, 15) is 19.8 Å². The summed E-state index contributed by atoms with van der Waals surface area (Å²) in [5.74, 6) is -2.34. The first-order valence-corrected chi connectivity index (χ1v) is 9.05. The van der Waals surface area contributed by atoms with E-state index in [1.165, 1.54) is 6.07 Å². The van der Waals surface area contributed by atoms with Gasteiger partial charge in [-0.1, -0.05) is 56.3 Å². The molecule has 0 amide bonds. The van der Waals surface area contributed by atoms with Crippen LogP contribution >= 0.6 is 0 Å². The fraction of sp³-hybridized carbons (Fsp3) is 0.273. The molecule has 0 radical (unpaired) electrons. The van der Waals surface area contributed by atoms with Crippen LogP contribution in [0.25, 0.3) is 6.08 Å². The third-order valence-corrected chi connectivity index (χ3v) is 5.31. The Balaban J connectivity index is 1.99. The van der Waals surface area contributed by atoms with Crippen molar-refractivity contribution in [2.75, 3.05) is 11.4 Å². The number of hydrogen-bond donors (Lipinski definition) is 3. The van der Waals surface area contributed by atoms with Crippen LogP contribution in [0, 0.1) is 0 Å². The molecular formula is C22H23NO5. The molecule has 6 heteroatoms. The number of para-hydroxylation sites is 2. The van der Waals surface area contributed by atoms with Crippen LogP contribution in [0.4, 0.5) is 5.69 Å². The van der Waals surface area contributed by atoms with Crippen molar-refractivity contribution in [2.45, 2.75) is 31.7 Å². The average Bonchev–Trinajstić information content (AvgIpc) is 2.86. The van der Waals surface area contributed by atoms with E-state index in [0.29, 0.717) is 12.1 Å². The highest BCUT2D eigenvalue weighted by molar-refractivity contribution is 5.92. The molecule has 0 aliphatic carbocycles. The first kappa shape index (κ1) is 19.5. The summed E-state index contributed by atoms with van der Waals surface area (Å²) in [5, 5.41) is 28.6. The van der Waals surface area contributed by atoms with Crippen molar-refractivity contribution in [3.8, 4) is 5.75 Å². The molecule has 2 aromatic rings. The van der Waals surface area contributed by atoms with E-state index in [1.807, 2.05) is 30.3 Å². The molecule has 0 saturated heterocycles. The molecule has 2 aromatic carbocycles. The van der Waals surface area contributed by atoms with E-state index in [2.05, 4.69) is 18.7 Å². The normalized spacial score (nSPS) is 17.6. The quantitative estimate of drug-likeness (QED) is 0.705. The van der Waals surface area contributed by atoms with Gasteiger partial charge in [0.1, 0.15) is 11.3 Å². The van der Waals surface area contributed by atoms with Crippen molar-refractivity contribution in [1.82, 2.24) is 0 Å². The number of aliphatic carboxylic acids is 1. The Bertz CT molecular complexity index is 948. The number of carbonyl (C=O) groups is 2. The number of nitrogens with zero attached hydrogens (tertiary/aromatic N) is 1. The number of fused-ring (bicyclic) bond motifs is 1. The van der Waals surface area contributed by atoms with E-state index in [4.69, 9.17) is 5.11 Å². The van der Waals surface area contributed by atoms with E-state index in [-0.39, 0.29) is 29.2 Å². The molecule has 1 unspecified atom stereocenters. The third-order valence-electron chi connectivity index (χ3n) is 5.31. The maximum Gasteiger partial charge on any atom is 0.339 e. The molecule has 1 aliphatic rings. The molecule has 0 aromatic heterocycles. The zero-order chi connectivity index (χ0) is 20.5. The number of aromatic hydroxyl groups is 1. The highest BCUT2D eigenvalue weighted by Crippen LogP contribution is 2.45. The largest absolute Gasteiger partial charge is 0.506 e. The number of aromatic carboxylic acids is 1. The number of carboxylic acids is 2. The van der Waals surface area contributed by atoms with Gasteiger partial charge in [-0.15, -0.1) is 0 Å². The second-order valence-corrected chi connectivity index (χ2v) is 7.43. The number of hydrogen-bond acceptors (Lipinski definition) is 4. The van der Waals surface area contributed by atoms with Gasteiger partial charge in [-0.05, 0) is 17.7 Å². The molecule has 1 aliphatic heterocycles. The molecule has 6 nitrogen and oxygen atoms in total. The summed E-state index contributed by atoms with van der Waals surface area (Å²) < 4.78 is 0. The number of anilines is 1. The van der Waals surface area contributed by atoms with Gasteiger partial charge in [0.05, 0.1) is 12.5 Å². The monoisotopic (exact) mass is 381 g/mol. The molecule has 0 fully saturated rings. The van der Waals surface area contributed by atoms with Crippen LogP contribution in [0.15, 0.2) is 48.5 Å². The van der Waals surface area contributed by atoms with Crippen LogP contribution in [-0.2, 0) is 10.2 Å². The molecule has 0 bridgehead atoms. The Morgan fingerprint density at radius 3 is 2.50 bits per heavy atom. The van der Waals surface area contributed by atoms with Crippen LogP contribution in [0.1, 0.15) is 41.8 Å². The standard InChI is InChI=1S/C22H23NO5/c1-22(2)16-8-3-4-9-17(16)23(13-12-19(24)25)18(22)11-10-14-6-5-7-15(20(14)26)21(27)28/h3-11,18,26H,12-13H2,1-2H3,(H,24,25)(H,27,28)/b11-10+. The van der Waals surface area contributed by atoms with Crippen LogP contribution in [0.3, 0.4) is 0 Å². The Kier molecular flexibility index (Phi) is 5.14. The highest BCUT2D eigenvalue weighted by atomic mass is 16.4. The maximum absolute atomic E-state index is 11.2. The number of benzene rings is 2. The fourth-order valence-corrected chi connectivity index (χ4v) is 3.85. The smallest absolute Gasteiger partial charge is 0.339 e. The zero-order valence-corrected chi connectivity index (χ0v) is 15.8. The lowest BCUT2D eigenvalue weighted by atomic mass is 9.80. The van der Waals surface area contributed by atoms with Gasteiger partial charge in [-0.25, -0.2) is 4.79 Å². The second kappa shape index (κ2) is 7.38. The van der Waals surface area contributed by atoms with Gasteiger partial charge in [0, 0.05) is 23.2 Å². The molecule has 0 saturated carbocycles. The van der Waals surface area contributed by atoms with Gasteiger partial charge in [-0.3, -0.25) is 4.79 Å². The van der Waals surface area contributed by atoms with Gasteiger partial charge in [0.2, 0.25) is 0 Å². The molecule has 1 atom stereocenters. The SMILES string of the molecule is CC1(C)c2ccccc2N(CCC(=O)O)C1/C=C/c1cccc(C(=O)O)c1O. The zero-order valence-electron chi connectivity index (χ0n) is 15.8. The van der Waals surface area contributed by atoms with Gasteiger partial charge in [0.25, 0.3) is 0 Å². The van der Waals surface area contributed by atoms with Crippen LogP contribution in [0.2, 0.25) is 0 Å². The molecule has 3 N–H and O–H groups in total. The van der Waals surface area contributed by atoms with Crippen LogP contribution in [0.5, 0.6) is 5.75 Å². The third kappa shape index (κ3) is 3.45. The predicted octanol–water partition coefficient (Wildman–Crippen LogP) is 3.74. The second-order valence-electron chi connectivity index (χ2n) is 7.43. The Labute approximate surface area is 163 Å². The van der Waals surface area contributed by atoms with E-state index < -0.39 is 11.9 Å². The maximum atomic E-state index is 11.2. The van der Waals surface area contributed by atoms with Crippen molar-refractivity contribution >= 4 is 23.7 Å². The number of phenols is 1. The first-order valence-electron chi connectivity index (χ1n) is 9.05. The lowest BCUT2D eigenvalue weighted by molar-refractivity contribution is -0.136. The van der Waals surface area contributed by atoms with Crippen molar-refractivity contribution in [3.63, 3.8) is 0 Å². The predicted molar refractivity (Wildman–Crippen MR) is 107 cm³/mol. The van der Waals surface area contributed by atoms with Gasteiger partial charge in [0.15, 0.2) is 0 Å². The average molecular weight is 381 g/mol. The van der Waals surface area contributed by atoms with Crippen LogP contribution in [-0.4, -0.2) is 39.8 Å². The Hall–Kier alpha value is -3.28.